The highest BCUT2D eigenvalue weighted by Crippen LogP contribution is 2.09. The Bertz CT molecular complexity index is 525. The zero-order chi connectivity index (χ0) is 14.6. The highest BCUT2D eigenvalue weighted by molar-refractivity contribution is 6.05. The van der Waals surface area contributed by atoms with Crippen molar-refractivity contribution in [2.24, 2.45) is 5.73 Å². The van der Waals surface area contributed by atoms with Crippen molar-refractivity contribution < 1.29 is 19.1 Å². The van der Waals surface area contributed by atoms with Crippen LogP contribution in [-0.4, -0.2) is 35.4 Å². The van der Waals surface area contributed by atoms with Crippen LogP contribution < -0.4 is 11.1 Å². The van der Waals surface area contributed by atoms with Crippen molar-refractivity contribution in [2.75, 3.05) is 7.11 Å². The van der Waals surface area contributed by atoms with Gasteiger partial charge in [0.15, 0.2) is 0 Å². The number of hydrogen-bond donors (Lipinski definition) is 2. The van der Waals surface area contributed by atoms with Gasteiger partial charge in [-0.1, -0.05) is 0 Å². The number of carbonyl (C=O) groups is 3. The van der Waals surface area contributed by atoms with E-state index in [1.165, 1.54) is 39.3 Å². The second kappa shape index (κ2) is 5.47. The fraction of sp³-hybridized carbons (Fsp3) is 0.333. The lowest BCUT2D eigenvalue weighted by Gasteiger charge is -2.22. The molecular formula is C12H15N3O4. The van der Waals surface area contributed by atoms with E-state index in [9.17, 15) is 14.4 Å². The lowest BCUT2D eigenvalue weighted by molar-refractivity contribution is -0.122. The Kier molecular flexibility index (Phi) is 4.21. The molecule has 1 aromatic rings. The summed E-state index contributed by atoms with van der Waals surface area (Å²) < 4.78 is 4.55. The summed E-state index contributed by atoms with van der Waals surface area (Å²) in [4.78, 5) is 38.5. The molecule has 19 heavy (non-hydrogen) atoms. The molecule has 0 atom stereocenters. The molecule has 1 heterocycles. The first-order valence-corrected chi connectivity index (χ1v) is 5.45. The quantitative estimate of drug-likeness (QED) is 0.736. The van der Waals surface area contributed by atoms with E-state index in [2.05, 4.69) is 15.0 Å². The van der Waals surface area contributed by atoms with Gasteiger partial charge in [-0.05, 0) is 26.0 Å². The summed E-state index contributed by atoms with van der Waals surface area (Å²) in [5, 5.41) is 2.41. The Hall–Kier alpha value is -2.44. The number of aromatic nitrogens is 1. The predicted molar refractivity (Wildman–Crippen MR) is 66.3 cm³/mol. The van der Waals surface area contributed by atoms with E-state index < -0.39 is 23.3 Å². The average Bonchev–Trinajstić information content (AvgIpc) is 2.37. The molecule has 0 fully saturated rings. The first kappa shape index (κ1) is 14.6. The van der Waals surface area contributed by atoms with E-state index in [-0.39, 0.29) is 11.3 Å². The number of rotatable bonds is 4. The molecule has 102 valence electrons. The van der Waals surface area contributed by atoms with Crippen LogP contribution in [0.2, 0.25) is 0 Å². The van der Waals surface area contributed by atoms with E-state index in [1.54, 1.807) is 0 Å². The SMILES string of the molecule is COC(=O)c1cccnc1C(=O)NC(C)(C)C(N)=O. The topological polar surface area (TPSA) is 111 Å². The van der Waals surface area contributed by atoms with Crippen LogP contribution in [-0.2, 0) is 9.53 Å². The van der Waals surface area contributed by atoms with Crippen molar-refractivity contribution in [1.82, 2.24) is 10.3 Å². The first-order chi connectivity index (χ1) is 8.79. The number of ether oxygens (including phenoxy) is 1. The van der Waals surface area contributed by atoms with E-state index >= 15 is 0 Å². The van der Waals surface area contributed by atoms with Crippen LogP contribution >= 0.6 is 0 Å². The zero-order valence-electron chi connectivity index (χ0n) is 10.9. The Labute approximate surface area is 110 Å². The zero-order valence-corrected chi connectivity index (χ0v) is 10.9. The number of carbonyl (C=O) groups excluding carboxylic acids is 3. The van der Waals surface area contributed by atoms with E-state index in [0.717, 1.165) is 0 Å². The van der Waals surface area contributed by atoms with Gasteiger partial charge >= 0.3 is 5.97 Å². The Morgan fingerprint density at radius 2 is 2.00 bits per heavy atom. The summed E-state index contributed by atoms with van der Waals surface area (Å²) in [6, 6.07) is 2.91. The lowest BCUT2D eigenvalue weighted by atomic mass is 10.0. The number of amides is 2. The highest BCUT2D eigenvalue weighted by Gasteiger charge is 2.29. The standard InChI is InChI=1S/C12H15N3O4/c1-12(2,11(13)18)15-9(16)8-7(10(17)19-3)5-4-6-14-8/h4-6H,1-3H3,(H2,13,18)(H,15,16). The van der Waals surface area contributed by atoms with Crippen LogP contribution in [0.5, 0.6) is 0 Å². The Morgan fingerprint density at radius 3 is 2.53 bits per heavy atom. The Balaban J connectivity index is 3.07. The lowest BCUT2D eigenvalue weighted by Crippen LogP contribution is -2.53. The number of nitrogens with two attached hydrogens (primary N) is 1. The van der Waals surface area contributed by atoms with Crippen molar-refractivity contribution in [3.05, 3.63) is 29.6 Å². The van der Waals surface area contributed by atoms with Crippen LogP contribution in [0.1, 0.15) is 34.7 Å². The van der Waals surface area contributed by atoms with Crippen LogP contribution in [0, 0.1) is 0 Å². The van der Waals surface area contributed by atoms with Gasteiger partial charge in [0.25, 0.3) is 5.91 Å². The van der Waals surface area contributed by atoms with Gasteiger partial charge in [-0.15, -0.1) is 0 Å². The van der Waals surface area contributed by atoms with Gasteiger partial charge in [-0.25, -0.2) is 4.79 Å². The molecule has 0 saturated carbocycles. The van der Waals surface area contributed by atoms with E-state index in [0.29, 0.717) is 0 Å². The van der Waals surface area contributed by atoms with Crippen molar-refractivity contribution >= 4 is 17.8 Å². The monoisotopic (exact) mass is 265 g/mol. The molecule has 0 radical (unpaired) electrons. The molecule has 2 amide bonds. The van der Waals surface area contributed by atoms with Crippen LogP contribution in [0.4, 0.5) is 0 Å². The summed E-state index contributed by atoms with van der Waals surface area (Å²) in [6.45, 7) is 2.90. The predicted octanol–water partition coefficient (Wildman–Crippen LogP) is -0.138. The van der Waals surface area contributed by atoms with Gasteiger partial charge in [0.1, 0.15) is 11.2 Å². The summed E-state index contributed by atoms with van der Waals surface area (Å²) in [6.07, 6.45) is 1.36. The molecule has 1 aromatic heterocycles. The smallest absolute Gasteiger partial charge is 0.340 e. The van der Waals surface area contributed by atoms with Gasteiger partial charge in [0.2, 0.25) is 5.91 Å². The van der Waals surface area contributed by atoms with Gasteiger partial charge in [0.05, 0.1) is 12.7 Å². The number of nitrogens with one attached hydrogen (secondary N) is 1. The average molecular weight is 265 g/mol. The second-order valence-electron chi connectivity index (χ2n) is 4.33. The Morgan fingerprint density at radius 1 is 1.37 bits per heavy atom. The summed E-state index contributed by atoms with van der Waals surface area (Å²) >= 11 is 0. The number of hydrogen-bond acceptors (Lipinski definition) is 5. The van der Waals surface area contributed by atoms with Gasteiger partial charge in [-0.3, -0.25) is 14.6 Å². The van der Waals surface area contributed by atoms with Crippen molar-refractivity contribution in [2.45, 2.75) is 19.4 Å². The third-order valence-corrected chi connectivity index (χ3v) is 2.47. The maximum atomic E-state index is 12.0. The van der Waals surface area contributed by atoms with Gasteiger partial charge in [-0.2, -0.15) is 0 Å². The van der Waals surface area contributed by atoms with Crippen LogP contribution in [0.3, 0.4) is 0 Å². The van der Waals surface area contributed by atoms with Crippen LogP contribution in [0.25, 0.3) is 0 Å². The third-order valence-electron chi connectivity index (χ3n) is 2.47. The minimum absolute atomic E-state index is 0.0165. The summed E-state index contributed by atoms with van der Waals surface area (Å²) in [7, 11) is 1.20. The largest absolute Gasteiger partial charge is 0.465 e. The molecule has 0 saturated heterocycles. The maximum absolute atomic E-state index is 12.0. The third kappa shape index (κ3) is 3.27. The maximum Gasteiger partial charge on any atom is 0.340 e. The van der Waals surface area contributed by atoms with Gasteiger partial charge in [0, 0.05) is 6.20 Å². The molecule has 0 bridgehead atoms. The minimum atomic E-state index is -1.25. The molecule has 0 aliphatic carbocycles. The molecule has 1 rings (SSSR count). The van der Waals surface area contributed by atoms with E-state index in [1.807, 2.05) is 0 Å². The minimum Gasteiger partial charge on any atom is -0.465 e. The number of esters is 1. The molecule has 7 heteroatoms. The van der Waals surface area contributed by atoms with Gasteiger partial charge < -0.3 is 15.8 Å². The van der Waals surface area contributed by atoms with Crippen LogP contribution in [0.15, 0.2) is 18.3 Å². The fourth-order valence-corrected chi connectivity index (χ4v) is 1.27. The molecule has 7 nitrogen and oxygen atoms in total. The molecule has 3 N–H and O–H groups in total. The van der Waals surface area contributed by atoms with Crippen molar-refractivity contribution in [3.8, 4) is 0 Å². The highest BCUT2D eigenvalue weighted by atomic mass is 16.5. The molecular weight excluding hydrogens is 250 g/mol. The fourth-order valence-electron chi connectivity index (χ4n) is 1.27. The molecule has 0 aliphatic rings. The second-order valence-corrected chi connectivity index (χ2v) is 4.33. The number of nitrogens with zero attached hydrogens (tertiary/aromatic N) is 1. The number of methoxy groups -OCH3 is 1. The van der Waals surface area contributed by atoms with Crippen molar-refractivity contribution in [1.29, 1.82) is 0 Å². The number of pyridine rings is 1. The molecule has 0 unspecified atom stereocenters. The van der Waals surface area contributed by atoms with E-state index in [4.69, 9.17) is 5.73 Å². The van der Waals surface area contributed by atoms with Crippen molar-refractivity contribution in [3.63, 3.8) is 0 Å². The number of primary amides is 1. The summed E-state index contributed by atoms with van der Waals surface area (Å²) in [5.74, 6) is -2.06. The molecule has 0 spiro atoms. The molecule has 0 aromatic carbocycles. The molecule has 0 aliphatic heterocycles. The summed E-state index contributed by atoms with van der Waals surface area (Å²) in [5.41, 5.74) is 3.80. The normalized spacial score (nSPS) is 10.7. The first-order valence-electron chi connectivity index (χ1n) is 5.45.